The van der Waals surface area contributed by atoms with Crippen LogP contribution in [0.15, 0.2) is 24.3 Å². The maximum Gasteiger partial charge on any atom is 0.387 e. The molecule has 0 aliphatic heterocycles. The molecule has 1 unspecified atom stereocenters. The summed E-state index contributed by atoms with van der Waals surface area (Å²) in [6.07, 6.45) is 2.41. The summed E-state index contributed by atoms with van der Waals surface area (Å²) >= 11 is 0. The fourth-order valence-corrected chi connectivity index (χ4v) is 2.27. The van der Waals surface area contributed by atoms with Crippen molar-refractivity contribution in [3.8, 4) is 5.75 Å². The first kappa shape index (κ1) is 15.7. The van der Waals surface area contributed by atoms with Gasteiger partial charge >= 0.3 is 6.61 Å². The number of benzene rings is 1. The van der Waals surface area contributed by atoms with Crippen molar-refractivity contribution in [3.63, 3.8) is 0 Å². The Morgan fingerprint density at radius 2 is 2.10 bits per heavy atom. The second-order valence-corrected chi connectivity index (χ2v) is 5.42. The molecule has 0 heterocycles. The molecule has 0 bridgehead atoms. The predicted octanol–water partition coefficient (Wildman–Crippen LogP) is 2.96. The van der Waals surface area contributed by atoms with Crippen molar-refractivity contribution in [1.29, 1.82) is 0 Å². The third-order valence-corrected chi connectivity index (χ3v) is 3.77. The molecular weight excluding hydrogens is 278 g/mol. The zero-order chi connectivity index (χ0) is 15.4. The molecule has 116 valence electrons. The minimum atomic E-state index is -2.92. The Labute approximate surface area is 123 Å². The number of halogens is 2. The highest BCUT2D eigenvalue weighted by atomic mass is 19.3. The fraction of sp³-hybridized carbons (Fsp3) is 0.533. The van der Waals surface area contributed by atoms with E-state index in [1.54, 1.807) is 18.2 Å². The maximum absolute atomic E-state index is 12.3. The van der Waals surface area contributed by atoms with Gasteiger partial charge in [0, 0.05) is 6.04 Å². The van der Waals surface area contributed by atoms with Crippen molar-refractivity contribution in [2.24, 2.45) is 5.92 Å². The van der Waals surface area contributed by atoms with Crippen LogP contribution in [0, 0.1) is 5.92 Å². The molecule has 1 aliphatic rings. The van der Waals surface area contributed by atoms with Gasteiger partial charge in [-0.15, -0.1) is 0 Å². The molecule has 1 amide bonds. The third kappa shape index (κ3) is 4.67. The average Bonchev–Trinajstić information content (AvgIpc) is 3.23. The summed E-state index contributed by atoms with van der Waals surface area (Å²) in [4.78, 5) is 14.0. The van der Waals surface area contributed by atoms with Crippen LogP contribution in [0.2, 0.25) is 0 Å². The molecule has 0 spiro atoms. The Bertz CT molecular complexity index is 492. The summed E-state index contributed by atoms with van der Waals surface area (Å²) in [5, 5.41) is 2.62. The molecule has 1 fully saturated rings. The van der Waals surface area contributed by atoms with Crippen LogP contribution in [0.5, 0.6) is 5.75 Å². The van der Waals surface area contributed by atoms with Crippen LogP contribution in [-0.4, -0.2) is 37.1 Å². The molecule has 1 aromatic carbocycles. The van der Waals surface area contributed by atoms with E-state index >= 15 is 0 Å². The lowest BCUT2D eigenvalue weighted by Gasteiger charge is -2.24. The first-order chi connectivity index (χ1) is 9.97. The molecule has 0 aromatic heterocycles. The van der Waals surface area contributed by atoms with Crippen LogP contribution >= 0.6 is 0 Å². The van der Waals surface area contributed by atoms with E-state index in [1.807, 2.05) is 11.9 Å². The van der Waals surface area contributed by atoms with Gasteiger partial charge in [-0.25, -0.2) is 0 Å². The second-order valence-electron chi connectivity index (χ2n) is 5.42. The molecule has 6 heteroatoms. The number of anilines is 1. The first-order valence-corrected chi connectivity index (χ1v) is 7.01. The number of ether oxygens (including phenoxy) is 1. The van der Waals surface area contributed by atoms with E-state index in [1.165, 1.54) is 18.9 Å². The van der Waals surface area contributed by atoms with E-state index in [4.69, 9.17) is 0 Å². The van der Waals surface area contributed by atoms with Gasteiger partial charge in [-0.3, -0.25) is 9.69 Å². The van der Waals surface area contributed by atoms with E-state index in [9.17, 15) is 13.6 Å². The standard InChI is InChI=1S/C15H20F2N2O2/c1-10(11-7-8-11)19(2)9-14(20)18-12-5-3-4-6-13(12)21-15(16)17/h3-6,10-11,15H,7-9H2,1-2H3,(H,18,20). The minimum Gasteiger partial charge on any atom is -0.433 e. The van der Waals surface area contributed by atoms with E-state index in [2.05, 4.69) is 17.0 Å². The number of likely N-dealkylation sites (N-methyl/N-ethyl adjacent to an activating group) is 1. The van der Waals surface area contributed by atoms with Crippen molar-refractivity contribution in [2.45, 2.75) is 32.4 Å². The van der Waals surface area contributed by atoms with Crippen LogP contribution < -0.4 is 10.1 Å². The first-order valence-electron chi connectivity index (χ1n) is 7.01. The summed E-state index contributed by atoms with van der Waals surface area (Å²) < 4.78 is 29.0. The molecule has 1 N–H and O–H groups in total. The van der Waals surface area contributed by atoms with Gasteiger partial charge in [0.2, 0.25) is 5.91 Å². The number of nitrogens with one attached hydrogen (secondary N) is 1. The quantitative estimate of drug-likeness (QED) is 0.841. The van der Waals surface area contributed by atoms with E-state index in [-0.39, 0.29) is 23.9 Å². The number of carbonyl (C=O) groups excluding carboxylic acids is 1. The summed E-state index contributed by atoms with van der Waals surface area (Å²) in [5.41, 5.74) is 0.260. The summed E-state index contributed by atoms with van der Waals surface area (Å²) in [6.45, 7) is -0.597. The van der Waals surface area contributed by atoms with Crippen molar-refractivity contribution in [3.05, 3.63) is 24.3 Å². The number of hydrogen-bond donors (Lipinski definition) is 1. The van der Waals surface area contributed by atoms with E-state index < -0.39 is 6.61 Å². The molecule has 0 saturated heterocycles. The topological polar surface area (TPSA) is 41.6 Å². The Balaban J connectivity index is 1.92. The monoisotopic (exact) mass is 298 g/mol. The molecule has 1 aromatic rings. The maximum atomic E-state index is 12.3. The van der Waals surface area contributed by atoms with Crippen LogP contribution in [0.4, 0.5) is 14.5 Å². The number of para-hydroxylation sites is 2. The van der Waals surface area contributed by atoms with Gasteiger partial charge in [0.15, 0.2) is 0 Å². The average molecular weight is 298 g/mol. The number of amides is 1. The number of carbonyl (C=O) groups is 1. The van der Waals surface area contributed by atoms with Crippen LogP contribution in [0.3, 0.4) is 0 Å². The van der Waals surface area contributed by atoms with Crippen LogP contribution in [0.25, 0.3) is 0 Å². The van der Waals surface area contributed by atoms with Gasteiger partial charge in [-0.1, -0.05) is 12.1 Å². The summed E-state index contributed by atoms with van der Waals surface area (Å²) in [5.74, 6) is 0.395. The van der Waals surface area contributed by atoms with E-state index in [0.29, 0.717) is 12.0 Å². The normalized spacial score (nSPS) is 16.1. The molecule has 4 nitrogen and oxygen atoms in total. The predicted molar refractivity (Wildman–Crippen MR) is 76.5 cm³/mol. The van der Waals surface area contributed by atoms with Crippen molar-refractivity contribution in [1.82, 2.24) is 4.90 Å². The number of alkyl halides is 2. The summed E-state index contributed by atoms with van der Waals surface area (Å²) in [6, 6.07) is 6.53. The van der Waals surface area contributed by atoms with Crippen molar-refractivity contribution < 1.29 is 18.3 Å². The Morgan fingerprint density at radius 3 is 2.71 bits per heavy atom. The largest absolute Gasteiger partial charge is 0.433 e. The zero-order valence-corrected chi connectivity index (χ0v) is 12.2. The van der Waals surface area contributed by atoms with Gasteiger partial charge in [0.1, 0.15) is 5.75 Å². The van der Waals surface area contributed by atoms with Crippen LogP contribution in [0.1, 0.15) is 19.8 Å². The molecule has 21 heavy (non-hydrogen) atoms. The highest BCUT2D eigenvalue weighted by molar-refractivity contribution is 5.93. The smallest absolute Gasteiger partial charge is 0.387 e. The Morgan fingerprint density at radius 1 is 1.43 bits per heavy atom. The Hall–Kier alpha value is -1.69. The highest BCUT2D eigenvalue weighted by Crippen LogP contribution is 2.34. The van der Waals surface area contributed by atoms with Gasteiger partial charge in [0.05, 0.1) is 12.2 Å². The lowest BCUT2D eigenvalue weighted by atomic mass is 10.2. The number of rotatable bonds is 7. The number of nitrogens with zero attached hydrogens (tertiary/aromatic N) is 1. The Kier molecular flexibility index (Phi) is 5.12. The van der Waals surface area contributed by atoms with Gasteiger partial charge < -0.3 is 10.1 Å². The van der Waals surface area contributed by atoms with Crippen molar-refractivity contribution in [2.75, 3.05) is 18.9 Å². The fourth-order valence-electron chi connectivity index (χ4n) is 2.27. The third-order valence-electron chi connectivity index (χ3n) is 3.77. The minimum absolute atomic E-state index is 0.0289. The lowest BCUT2D eigenvalue weighted by molar-refractivity contribution is -0.117. The SMILES string of the molecule is CC(C1CC1)N(C)CC(=O)Nc1ccccc1OC(F)F. The molecule has 1 saturated carbocycles. The van der Waals surface area contributed by atoms with Gasteiger partial charge in [0.25, 0.3) is 0 Å². The van der Waals surface area contributed by atoms with Crippen molar-refractivity contribution >= 4 is 11.6 Å². The van der Waals surface area contributed by atoms with Crippen LogP contribution in [-0.2, 0) is 4.79 Å². The van der Waals surface area contributed by atoms with E-state index in [0.717, 1.165) is 0 Å². The number of hydrogen-bond acceptors (Lipinski definition) is 3. The zero-order valence-electron chi connectivity index (χ0n) is 12.2. The second kappa shape index (κ2) is 6.85. The molecule has 0 radical (unpaired) electrons. The lowest BCUT2D eigenvalue weighted by Crippen LogP contribution is -2.37. The van der Waals surface area contributed by atoms with Gasteiger partial charge in [-0.2, -0.15) is 8.78 Å². The molecule has 1 aliphatic carbocycles. The molecule has 2 rings (SSSR count). The summed E-state index contributed by atoms with van der Waals surface area (Å²) in [7, 11) is 1.89. The molecule has 1 atom stereocenters. The van der Waals surface area contributed by atoms with Gasteiger partial charge in [-0.05, 0) is 44.9 Å². The molecular formula is C15H20F2N2O2. The highest BCUT2D eigenvalue weighted by Gasteiger charge is 2.31.